The zero-order chi connectivity index (χ0) is 14.5. The van der Waals surface area contributed by atoms with Gasteiger partial charge in [0, 0.05) is 29.1 Å². The molecule has 2 aliphatic rings. The van der Waals surface area contributed by atoms with Gasteiger partial charge in [0.05, 0.1) is 12.9 Å². The lowest BCUT2D eigenvalue weighted by Crippen LogP contribution is -2.49. The maximum atomic E-state index is 12.2. The minimum Gasteiger partial charge on any atom is -0.475 e. The summed E-state index contributed by atoms with van der Waals surface area (Å²) < 4.78 is 49.0. The van der Waals surface area contributed by atoms with E-state index in [4.69, 9.17) is 9.90 Å². The summed E-state index contributed by atoms with van der Waals surface area (Å²) in [5.41, 5.74) is 0. The highest BCUT2D eigenvalue weighted by Crippen LogP contribution is 2.15. The van der Waals surface area contributed by atoms with E-state index < -0.39 is 22.5 Å². The van der Waals surface area contributed by atoms with E-state index in [-0.39, 0.29) is 0 Å². The Hall–Kier alpha value is -1.16. The first kappa shape index (κ1) is 15.9. The van der Waals surface area contributed by atoms with Crippen molar-refractivity contribution in [1.82, 2.24) is 9.03 Å². The third kappa shape index (κ3) is 4.78. The molecular formula is C9H16F3N3O3S. The van der Waals surface area contributed by atoms with Gasteiger partial charge in [0.25, 0.3) is 0 Å². The van der Waals surface area contributed by atoms with Crippen LogP contribution in [-0.4, -0.2) is 57.5 Å². The normalized spacial score (nSPS) is 23.4. The van der Waals surface area contributed by atoms with Crippen LogP contribution in [0.4, 0.5) is 13.2 Å². The number of aliphatic carboxylic acids is 1. The Kier molecular flexibility index (Phi) is 5.29. The molecule has 0 radical (unpaired) electrons. The third-order valence-corrected chi connectivity index (χ3v) is 5.23. The Morgan fingerprint density at radius 1 is 1.42 bits per heavy atom. The molecule has 10 heteroatoms. The van der Waals surface area contributed by atoms with Crippen LogP contribution in [0.5, 0.6) is 0 Å². The summed E-state index contributed by atoms with van der Waals surface area (Å²) in [6, 6.07) is 0. The lowest BCUT2D eigenvalue weighted by molar-refractivity contribution is -0.192. The maximum Gasteiger partial charge on any atom is 0.490 e. The SMILES string of the molecule is O=C(O)C(F)(F)F.O=[SH]12CCN=CN1CCCCN2. The molecule has 19 heavy (non-hydrogen) atoms. The number of nitrogens with zero attached hydrogens (tertiary/aromatic N) is 2. The van der Waals surface area contributed by atoms with Crippen molar-refractivity contribution in [1.29, 1.82) is 0 Å². The van der Waals surface area contributed by atoms with Crippen LogP contribution in [-0.2, 0) is 15.1 Å². The molecule has 2 heterocycles. The van der Waals surface area contributed by atoms with E-state index >= 15 is 0 Å². The second-order valence-corrected chi connectivity index (χ2v) is 6.71. The van der Waals surface area contributed by atoms with Gasteiger partial charge in [-0.05, 0) is 12.8 Å². The van der Waals surface area contributed by atoms with Gasteiger partial charge in [0.1, 0.15) is 0 Å². The quantitative estimate of drug-likeness (QED) is 0.559. The molecule has 0 aromatic heterocycles. The van der Waals surface area contributed by atoms with Crippen LogP contribution >= 0.6 is 0 Å². The van der Waals surface area contributed by atoms with E-state index in [2.05, 4.69) is 9.71 Å². The molecule has 2 rings (SSSR count). The fourth-order valence-corrected chi connectivity index (χ4v) is 3.79. The van der Waals surface area contributed by atoms with Crippen LogP contribution in [0.1, 0.15) is 12.8 Å². The second-order valence-electron chi connectivity index (χ2n) is 4.03. The number of carbonyl (C=O) groups is 1. The number of aliphatic imine (C=N–C) groups is 1. The summed E-state index contributed by atoms with van der Waals surface area (Å²) in [5, 5.41) is 7.12. The minimum absolute atomic E-state index is 0.698. The van der Waals surface area contributed by atoms with Crippen molar-refractivity contribution in [2.24, 2.45) is 4.99 Å². The fraction of sp³-hybridized carbons (Fsp3) is 0.778. The predicted octanol–water partition coefficient (Wildman–Crippen LogP) is 0.194. The number of carboxylic acid groups (broad SMARTS) is 1. The Morgan fingerprint density at radius 3 is 2.63 bits per heavy atom. The van der Waals surface area contributed by atoms with Crippen molar-refractivity contribution < 1.29 is 27.3 Å². The number of halogens is 3. The van der Waals surface area contributed by atoms with Crippen molar-refractivity contribution in [2.75, 3.05) is 25.4 Å². The fourth-order valence-electron chi connectivity index (χ4n) is 1.60. The topological polar surface area (TPSA) is 82.0 Å². The molecule has 0 bridgehead atoms. The number of hydrogen-bond donors (Lipinski definition) is 3. The largest absolute Gasteiger partial charge is 0.490 e. The van der Waals surface area contributed by atoms with Crippen LogP contribution in [0.2, 0.25) is 0 Å². The highest BCUT2D eigenvalue weighted by atomic mass is 32.3. The summed E-state index contributed by atoms with van der Waals surface area (Å²) in [7, 11) is -2.23. The van der Waals surface area contributed by atoms with Gasteiger partial charge in [0.2, 0.25) is 0 Å². The zero-order valence-corrected chi connectivity index (χ0v) is 11.0. The highest BCUT2D eigenvalue weighted by Gasteiger charge is 2.38. The van der Waals surface area contributed by atoms with Crippen LogP contribution < -0.4 is 4.72 Å². The molecule has 1 saturated heterocycles. The van der Waals surface area contributed by atoms with Gasteiger partial charge in [-0.3, -0.25) is 13.5 Å². The number of fused-ring (bicyclic) bond motifs is 1. The van der Waals surface area contributed by atoms with Crippen molar-refractivity contribution >= 4 is 22.6 Å². The number of alkyl halides is 3. The molecule has 0 saturated carbocycles. The number of rotatable bonds is 0. The molecule has 0 aliphatic carbocycles. The Balaban J connectivity index is 0.000000224. The lowest BCUT2D eigenvalue weighted by Gasteiger charge is -2.36. The zero-order valence-electron chi connectivity index (χ0n) is 10.1. The molecule has 0 spiro atoms. The lowest BCUT2D eigenvalue weighted by atomic mass is 10.3. The van der Waals surface area contributed by atoms with E-state index in [0.717, 1.165) is 25.9 Å². The number of hydrogen-bond acceptors (Lipinski definition) is 3. The third-order valence-electron chi connectivity index (χ3n) is 2.58. The van der Waals surface area contributed by atoms with Gasteiger partial charge in [-0.25, -0.2) is 9.52 Å². The van der Waals surface area contributed by atoms with Gasteiger partial charge >= 0.3 is 12.1 Å². The first-order chi connectivity index (χ1) is 8.76. The van der Waals surface area contributed by atoms with Crippen molar-refractivity contribution in [3.63, 3.8) is 0 Å². The Bertz CT molecular complexity index is 400. The predicted molar refractivity (Wildman–Crippen MR) is 65.4 cm³/mol. The van der Waals surface area contributed by atoms with E-state index in [0.29, 0.717) is 12.3 Å². The number of thiol groups is 1. The van der Waals surface area contributed by atoms with Crippen LogP contribution in [0.25, 0.3) is 0 Å². The molecule has 0 aromatic carbocycles. The molecule has 0 atom stereocenters. The van der Waals surface area contributed by atoms with Crippen molar-refractivity contribution in [3.05, 3.63) is 0 Å². The van der Waals surface area contributed by atoms with Gasteiger partial charge in [-0.1, -0.05) is 0 Å². The molecule has 1 fully saturated rings. The number of carboxylic acids is 1. The summed E-state index contributed by atoms with van der Waals surface area (Å²) in [5.74, 6) is -2.06. The molecule has 0 aromatic rings. The van der Waals surface area contributed by atoms with E-state index in [1.807, 2.05) is 4.31 Å². The maximum absolute atomic E-state index is 12.2. The first-order valence-electron chi connectivity index (χ1n) is 5.67. The van der Waals surface area contributed by atoms with E-state index in [1.54, 1.807) is 6.34 Å². The average Bonchev–Trinajstić information content (AvgIpc) is 2.49. The van der Waals surface area contributed by atoms with Crippen molar-refractivity contribution in [2.45, 2.75) is 19.0 Å². The molecule has 112 valence electrons. The van der Waals surface area contributed by atoms with Crippen LogP contribution in [0.3, 0.4) is 0 Å². The highest BCUT2D eigenvalue weighted by molar-refractivity contribution is 7.99. The second kappa shape index (κ2) is 6.33. The Morgan fingerprint density at radius 2 is 2.05 bits per heavy atom. The number of nitrogens with one attached hydrogen (secondary N) is 1. The van der Waals surface area contributed by atoms with E-state index in [1.165, 1.54) is 0 Å². The summed E-state index contributed by atoms with van der Waals surface area (Å²) in [6.07, 6.45) is -1.10. The smallest absolute Gasteiger partial charge is 0.475 e. The van der Waals surface area contributed by atoms with Gasteiger partial charge in [-0.2, -0.15) is 13.2 Å². The van der Waals surface area contributed by atoms with Crippen LogP contribution in [0.15, 0.2) is 4.99 Å². The standard InChI is InChI=1S/C7H15N3OS.C2HF3O2/c11-12-6-4-8-7-10(12)5-2-1-3-9-12;3-2(4,5)1(6)7/h7,12H,1-6H2,(H,9,11);(H,6,7). The molecule has 0 unspecified atom stereocenters. The Labute approximate surface area is 109 Å². The average molecular weight is 303 g/mol. The van der Waals surface area contributed by atoms with Gasteiger partial charge in [0.15, 0.2) is 0 Å². The molecule has 2 N–H and O–H groups in total. The minimum atomic E-state index is -5.08. The van der Waals surface area contributed by atoms with Crippen LogP contribution in [0, 0.1) is 0 Å². The summed E-state index contributed by atoms with van der Waals surface area (Å²) in [4.78, 5) is 13.0. The van der Waals surface area contributed by atoms with Gasteiger partial charge < -0.3 is 5.11 Å². The molecule has 6 nitrogen and oxygen atoms in total. The van der Waals surface area contributed by atoms with Crippen molar-refractivity contribution in [3.8, 4) is 0 Å². The summed E-state index contributed by atoms with van der Waals surface area (Å²) >= 11 is 0. The van der Waals surface area contributed by atoms with Gasteiger partial charge in [-0.15, -0.1) is 0 Å². The first-order valence-corrected chi connectivity index (χ1v) is 7.51. The molecule has 0 amide bonds. The summed E-state index contributed by atoms with van der Waals surface area (Å²) in [6.45, 7) is 2.50. The molecular weight excluding hydrogens is 287 g/mol. The van der Waals surface area contributed by atoms with E-state index in [9.17, 15) is 17.4 Å². The monoisotopic (exact) mass is 303 g/mol. The molecule has 2 aliphatic heterocycles.